The van der Waals surface area contributed by atoms with E-state index in [1.54, 1.807) is 19.2 Å². The van der Waals surface area contributed by atoms with Crippen molar-refractivity contribution in [2.24, 2.45) is 5.73 Å². The van der Waals surface area contributed by atoms with Gasteiger partial charge in [-0.2, -0.15) is 0 Å². The van der Waals surface area contributed by atoms with Gasteiger partial charge in [0.2, 0.25) is 0 Å². The standard InChI is InChI=1S/C11H13N5O3.ClH/c1-18-8-3-6-7(4-9(8)19-2)13-5-14-10(6)15-16-11(12)17;/h3-5H,1-2H3,(H3,12,16,17)(H,13,14,15);1H. The SMILES string of the molecule is COc1cc2ncnc(NNC(N)=O)c2cc1OC.Cl. The number of halogens is 1. The van der Waals surface area contributed by atoms with E-state index in [9.17, 15) is 4.79 Å². The lowest BCUT2D eigenvalue weighted by Gasteiger charge is -2.11. The first kappa shape index (κ1) is 15.6. The van der Waals surface area contributed by atoms with E-state index in [4.69, 9.17) is 15.2 Å². The quantitative estimate of drug-likeness (QED) is 0.728. The second-order valence-electron chi connectivity index (χ2n) is 3.56. The molecule has 2 rings (SSSR count). The number of hydrazine groups is 1. The molecule has 1 aromatic heterocycles. The van der Waals surface area contributed by atoms with Crippen LogP contribution in [0.2, 0.25) is 0 Å². The number of carbonyl (C=O) groups excluding carboxylic acids is 1. The second kappa shape index (κ2) is 6.62. The van der Waals surface area contributed by atoms with Crippen LogP contribution in [0.5, 0.6) is 11.5 Å². The number of primary amides is 1. The van der Waals surface area contributed by atoms with Gasteiger partial charge in [0.05, 0.1) is 19.7 Å². The van der Waals surface area contributed by atoms with Crippen molar-refractivity contribution in [2.75, 3.05) is 19.6 Å². The number of ether oxygens (including phenoxy) is 2. The number of nitrogens with one attached hydrogen (secondary N) is 2. The highest BCUT2D eigenvalue weighted by atomic mass is 35.5. The fourth-order valence-electron chi connectivity index (χ4n) is 1.60. The van der Waals surface area contributed by atoms with Crippen LogP contribution in [0.1, 0.15) is 0 Å². The van der Waals surface area contributed by atoms with Crippen LogP contribution >= 0.6 is 12.4 Å². The average molecular weight is 300 g/mol. The van der Waals surface area contributed by atoms with E-state index < -0.39 is 6.03 Å². The van der Waals surface area contributed by atoms with Crippen LogP contribution in [0.3, 0.4) is 0 Å². The number of rotatable bonds is 4. The fourth-order valence-corrected chi connectivity index (χ4v) is 1.60. The van der Waals surface area contributed by atoms with E-state index in [1.807, 2.05) is 0 Å². The van der Waals surface area contributed by atoms with Gasteiger partial charge < -0.3 is 15.2 Å². The highest BCUT2D eigenvalue weighted by Crippen LogP contribution is 2.33. The summed E-state index contributed by atoms with van der Waals surface area (Å²) < 4.78 is 10.4. The predicted octanol–water partition coefficient (Wildman–Crippen LogP) is 1.06. The van der Waals surface area contributed by atoms with Crippen LogP contribution in [-0.2, 0) is 0 Å². The molecule has 0 radical (unpaired) electrons. The van der Waals surface area contributed by atoms with Crippen LogP contribution in [-0.4, -0.2) is 30.2 Å². The summed E-state index contributed by atoms with van der Waals surface area (Å²) in [4.78, 5) is 18.8. The lowest BCUT2D eigenvalue weighted by Crippen LogP contribution is -2.34. The van der Waals surface area contributed by atoms with Gasteiger partial charge in [0.25, 0.3) is 0 Å². The van der Waals surface area contributed by atoms with E-state index in [1.165, 1.54) is 13.4 Å². The Morgan fingerprint density at radius 3 is 2.45 bits per heavy atom. The molecular weight excluding hydrogens is 286 g/mol. The molecule has 0 aliphatic carbocycles. The zero-order valence-corrected chi connectivity index (χ0v) is 11.7. The van der Waals surface area contributed by atoms with E-state index in [0.717, 1.165) is 0 Å². The third-order valence-corrected chi connectivity index (χ3v) is 2.44. The number of nitrogens with zero attached hydrogens (tertiary/aromatic N) is 2. The van der Waals surface area contributed by atoms with E-state index in [2.05, 4.69) is 20.8 Å². The van der Waals surface area contributed by atoms with Gasteiger partial charge in [0.1, 0.15) is 6.33 Å². The Labute approximate surface area is 121 Å². The minimum absolute atomic E-state index is 0. The summed E-state index contributed by atoms with van der Waals surface area (Å²) in [5.41, 5.74) is 10.5. The van der Waals surface area contributed by atoms with Crippen molar-refractivity contribution in [1.82, 2.24) is 15.4 Å². The lowest BCUT2D eigenvalue weighted by molar-refractivity contribution is 0.250. The molecule has 8 nitrogen and oxygen atoms in total. The first-order valence-corrected chi connectivity index (χ1v) is 5.34. The molecule has 0 aliphatic rings. The Morgan fingerprint density at radius 1 is 1.20 bits per heavy atom. The topological polar surface area (TPSA) is 111 Å². The number of anilines is 1. The number of hydrogen-bond donors (Lipinski definition) is 3. The maximum Gasteiger partial charge on any atom is 0.330 e. The number of benzene rings is 1. The third kappa shape index (κ3) is 3.09. The molecule has 4 N–H and O–H groups in total. The maximum absolute atomic E-state index is 10.7. The van der Waals surface area contributed by atoms with Gasteiger partial charge >= 0.3 is 6.03 Å². The van der Waals surface area contributed by atoms with Crippen LogP contribution in [0.15, 0.2) is 18.5 Å². The van der Waals surface area contributed by atoms with Gasteiger partial charge in [0, 0.05) is 11.5 Å². The molecule has 0 spiro atoms. The lowest BCUT2D eigenvalue weighted by atomic mass is 10.2. The van der Waals surface area contributed by atoms with Crippen LogP contribution in [0, 0.1) is 0 Å². The minimum Gasteiger partial charge on any atom is -0.493 e. The summed E-state index contributed by atoms with van der Waals surface area (Å²) in [6, 6.07) is 2.71. The second-order valence-corrected chi connectivity index (χ2v) is 3.56. The minimum atomic E-state index is -0.716. The number of urea groups is 1. The molecule has 108 valence electrons. The Morgan fingerprint density at radius 2 is 1.85 bits per heavy atom. The zero-order chi connectivity index (χ0) is 13.8. The van der Waals surface area contributed by atoms with E-state index in [-0.39, 0.29) is 12.4 Å². The normalized spacial score (nSPS) is 9.50. The number of carbonyl (C=O) groups is 1. The van der Waals surface area contributed by atoms with Crippen molar-refractivity contribution in [3.05, 3.63) is 18.5 Å². The smallest absolute Gasteiger partial charge is 0.330 e. The number of methoxy groups -OCH3 is 2. The van der Waals surface area contributed by atoms with Gasteiger partial charge in [-0.05, 0) is 6.07 Å². The van der Waals surface area contributed by atoms with E-state index in [0.29, 0.717) is 28.2 Å². The van der Waals surface area contributed by atoms with Gasteiger partial charge in [-0.1, -0.05) is 0 Å². The molecule has 0 saturated heterocycles. The summed E-state index contributed by atoms with van der Waals surface area (Å²) in [5.74, 6) is 1.50. The van der Waals surface area contributed by atoms with Crippen molar-refractivity contribution in [3.63, 3.8) is 0 Å². The van der Waals surface area contributed by atoms with Gasteiger partial charge in [0.15, 0.2) is 17.3 Å². The number of hydrogen-bond acceptors (Lipinski definition) is 6. The van der Waals surface area contributed by atoms with Crippen molar-refractivity contribution >= 4 is 35.2 Å². The Kier molecular flexibility index (Phi) is 5.15. The molecule has 0 atom stereocenters. The average Bonchev–Trinajstić information content (AvgIpc) is 2.43. The highest BCUT2D eigenvalue weighted by molar-refractivity contribution is 5.92. The highest BCUT2D eigenvalue weighted by Gasteiger charge is 2.10. The summed E-state index contributed by atoms with van der Waals surface area (Å²) in [5, 5.41) is 0.661. The molecule has 1 heterocycles. The first-order valence-electron chi connectivity index (χ1n) is 5.34. The van der Waals surface area contributed by atoms with Crippen molar-refractivity contribution in [1.29, 1.82) is 0 Å². The molecular formula is C11H14ClN5O3. The number of nitrogens with two attached hydrogens (primary N) is 1. The maximum atomic E-state index is 10.7. The molecule has 0 aliphatic heterocycles. The van der Waals surface area contributed by atoms with Gasteiger partial charge in [-0.3, -0.25) is 10.9 Å². The molecule has 2 aromatic rings. The fraction of sp³-hybridized carbons (Fsp3) is 0.182. The molecule has 0 unspecified atom stereocenters. The molecule has 0 fully saturated rings. The Balaban J connectivity index is 0.00000200. The van der Waals surface area contributed by atoms with Crippen molar-refractivity contribution in [2.45, 2.75) is 0 Å². The number of amides is 2. The van der Waals surface area contributed by atoms with Gasteiger partial charge in [-0.25, -0.2) is 14.8 Å². The molecule has 0 bridgehead atoms. The van der Waals surface area contributed by atoms with Crippen LogP contribution in [0.25, 0.3) is 10.9 Å². The summed E-state index contributed by atoms with van der Waals surface area (Å²) in [6.45, 7) is 0. The van der Waals surface area contributed by atoms with Crippen LogP contribution < -0.4 is 26.1 Å². The van der Waals surface area contributed by atoms with Gasteiger partial charge in [-0.15, -0.1) is 12.4 Å². The molecule has 0 saturated carbocycles. The Hall–Kier alpha value is -2.48. The molecule has 1 aromatic carbocycles. The molecule has 2 amide bonds. The van der Waals surface area contributed by atoms with E-state index >= 15 is 0 Å². The first-order chi connectivity index (χ1) is 9.15. The summed E-state index contributed by atoms with van der Waals surface area (Å²) in [7, 11) is 3.07. The summed E-state index contributed by atoms with van der Waals surface area (Å²) in [6.07, 6.45) is 1.36. The predicted molar refractivity (Wildman–Crippen MR) is 76.2 cm³/mol. The number of aromatic nitrogens is 2. The Bertz CT molecular complexity index is 622. The molecule has 20 heavy (non-hydrogen) atoms. The zero-order valence-electron chi connectivity index (χ0n) is 10.8. The largest absolute Gasteiger partial charge is 0.493 e. The molecule has 9 heteroatoms. The number of fused-ring (bicyclic) bond motifs is 1. The third-order valence-electron chi connectivity index (χ3n) is 2.44. The summed E-state index contributed by atoms with van der Waals surface area (Å²) >= 11 is 0. The van der Waals surface area contributed by atoms with Crippen LogP contribution in [0.4, 0.5) is 10.6 Å². The van der Waals surface area contributed by atoms with Crippen molar-refractivity contribution in [3.8, 4) is 11.5 Å². The monoisotopic (exact) mass is 299 g/mol. The van der Waals surface area contributed by atoms with Crippen molar-refractivity contribution < 1.29 is 14.3 Å².